The number of fused-ring (bicyclic) bond motifs is 2. The highest BCUT2D eigenvalue weighted by Gasteiger charge is 2.49. The van der Waals surface area contributed by atoms with Crippen molar-refractivity contribution in [2.24, 2.45) is 5.92 Å². The summed E-state index contributed by atoms with van der Waals surface area (Å²) in [6, 6.07) is -2.45. The largest absolute Gasteiger partial charge is 0.444 e. The second-order valence-electron chi connectivity index (χ2n) is 9.25. The molecule has 3 aliphatic rings. The average Bonchev–Trinajstić information content (AvgIpc) is 2.94. The van der Waals surface area contributed by atoms with E-state index in [1.165, 1.54) is 4.90 Å². The van der Waals surface area contributed by atoms with Gasteiger partial charge in [0.25, 0.3) is 5.91 Å². The van der Waals surface area contributed by atoms with Gasteiger partial charge in [0.05, 0.1) is 12.0 Å². The molecule has 0 aromatic heterocycles. The number of hydroxylamine groups is 2. The molecule has 0 spiro atoms. The van der Waals surface area contributed by atoms with Crippen LogP contribution in [0.1, 0.15) is 46.5 Å². The molecule has 0 unspecified atom stereocenters. The Morgan fingerprint density at radius 3 is 2.36 bits per heavy atom. The molecular weight excluding hydrogens is 462 g/mol. The number of hydrazine groups is 1. The van der Waals surface area contributed by atoms with Crippen LogP contribution in [0, 0.1) is 5.92 Å². The molecule has 3 saturated heterocycles. The number of piperidine rings is 2. The van der Waals surface area contributed by atoms with E-state index in [1.807, 2.05) is 0 Å². The zero-order valence-electron chi connectivity index (χ0n) is 18.6. The summed E-state index contributed by atoms with van der Waals surface area (Å²) in [4.78, 5) is 52.4. The van der Waals surface area contributed by atoms with Gasteiger partial charge in [-0.3, -0.25) is 25.0 Å². The van der Waals surface area contributed by atoms with Crippen LogP contribution in [0.2, 0.25) is 0 Å². The SMILES string of the molecule is CC(C)(C)OC(=O)N1CCC[C@@H](C(=O)NNC(=O)[C@H]2CC[C@@H]3CN2C(=O)N3OS(=O)(=O)O)C1. The molecule has 0 aromatic rings. The number of hydrogen-bond acceptors (Lipinski definition) is 8. The molecule has 3 aliphatic heterocycles. The number of ether oxygens (including phenoxy) is 1. The van der Waals surface area contributed by atoms with Gasteiger partial charge in [-0.25, -0.2) is 9.59 Å². The van der Waals surface area contributed by atoms with Crippen molar-refractivity contribution in [3.8, 4) is 0 Å². The molecule has 3 fully saturated rings. The highest BCUT2D eigenvalue weighted by molar-refractivity contribution is 7.80. The van der Waals surface area contributed by atoms with Crippen LogP contribution in [0.25, 0.3) is 0 Å². The Bertz CT molecular complexity index is 919. The molecule has 3 heterocycles. The van der Waals surface area contributed by atoms with Gasteiger partial charge in [-0.1, -0.05) is 0 Å². The van der Waals surface area contributed by atoms with Gasteiger partial charge in [-0.15, -0.1) is 4.28 Å². The molecule has 0 aliphatic carbocycles. The number of nitrogens with zero attached hydrogens (tertiary/aromatic N) is 3. The number of urea groups is 1. The van der Waals surface area contributed by atoms with E-state index in [0.717, 1.165) is 4.90 Å². The maximum atomic E-state index is 12.6. The summed E-state index contributed by atoms with van der Waals surface area (Å²) < 4.78 is 40.4. The highest BCUT2D eigenvalue weighted by atomic mass is 32.3. The van der Waals surface area contributed by atoms with E-state index in [2.05, 4.69) is 15.1 Å². The first-order chi connectivity index (χ1) is 15.2. The van der Waals surface area contributed by atoms with Gasteiger partial charge < -0.3 is 14.5 Å². The number of carbonyl (C=O) groups excluding carboxylic acids is 4. The Morgan fingerprint density at radius 2 is 1.73 bits per heavy atom. The smallest absolute Gasteiger partial charge is 0.418 e. The van der Waals surface area contributed by atoms with E-state index in [9.17, 15) is 27.6 Å². The minimum absolute atomic E-state index is 0.0356. The van der Waals surface area contributed by atoms with Crippen molar-refractivity contribution in [3.63, 3.8) is 0 Å². The molecule has 3 atom stereocenters. The van der Waals surface area contributed by atoms with E-state index in [0.29, 0.717) is 24.4 Å². The van der Waals surface area contributed by atoms with Crippen LogP contribution in [-0.4, -0.2) is 89.1 Å². The zero-order chi connectivity index (χ0) is 24.6. The third-order valence-electron chi connectivity index (χ3n) is 5.55. The van der Waals surface area contributed by atoms with E-state index in [4.69, 9.17) is 9.29 Å². The van der Waals surface area contributed by atoms with Crippen LogP contribution >= 0.6 is 0 Å². The van der Waals surface area contributed by atoms with Crippen LogP contribution in [0.3, 0.4) is 0 Å². The van der Waals surface area contributed by atoms with E-state index >= 15 is 0 Å². The quantitative estimate of drug-likeness (QED) is 0.355. The molecule has 0 aromatic carbocycles. The molecule has 33 heavy (non-hydrogen) atoms. The number of hydrogen-bond donors (Lipinski definition) is 3. The minimum atomic E-state index is -4.89. The third kappa shape index (κ3) is 6.23. The summed E-state index contributed by atoms with van der Waals surface area (Å²) in [5.74, 6) is -1.67. The van der Waals surface area contributed by atoms with Crippen LogP contribution in [0.15, 0.2) is 0 Å². The molecule has 14 nitrogen and oxygen atoms in total. The molecular formula is C18H29N5O9S. The summed E-state index contributed by atoms with van der Waals surface area (Å²) in [7, 11) is -4.89. The lowest BCUT2D eigenvalue weighted by Crippen LogP contribution is -2.56. The van der Waals surface area contributed by atoms with Gasteiger partial charge in [0.2, 0.25) is 5.91 Å². The fourth-order valence-electron chi connectivity index (χ4n) is 4.10. The predicted octanol–water partition coefficient (Wildman–Crippen LogP) is -0.216. The van der Waals surface area contributed by atoms with Crippen LogP contribution in [0.5, 0.6) is 0 Å². The van der Waals surface area contributed by atoms with E-state index < -0.39 is 57.9 Å². The van der Waals surface area contributed by atoms with Gasteiger partial charge >= 0.3 is 22.5 Å². The van der Waals surface area contributed by atoms with Gasteiger partial charge in [0.15, 0.2) is 0 Å². The summed E-state index contributed by atoms with van der Waals surface area (Å²) in [5, 5.41) is 0.536. The number of amides is 5. The maximum absolute atomic E-state index is 12.6. The fraction of sp³-hybridized carbons (Fsp3) is 0.778. The number of carbonyl (C=O) groups is 4. The normalized spacial score (nSPS) is 25.6. The van der Waals surface area contributed by atoms with Crippen LogP contribution in [0.4, 0.5) is 9.59 Å². The van der Waals surface area contributed by atoms with Crippen LogP contribution in [-0.2, 0) is 29.0 Å². The Morgan fingerprint density at radius 1 is 1.06 bits per heavy atom. The first-order valence-corrected chi connectivity index (χ1v) is 12.0. The Kier molecular flexibility index (Phi) is 7.04. The first kappa shape index (κ1) is 25.0. The lowest BCUT2D eigenvalue weighted by Gasteiger charge is -2.33. The van der Waals surface area contributed by atoms with Crippen molar-refractivity contribution in [3.05, 3.63) is 0 Å². The lowest BCUT2D eigenvalue weighted by molar-refractivity contribution is -0.134. The monoisotopic (exact) mass is 491 g/mol. The van der Waals surface area contributed by atoms with Crippen molar-refractivity contribution < 1.29 is 41.2 Å². The Hall–Kier alpha value is -2.65. The van der Waals surface area contributed by atoms with Gasteiger partial charge in [0.1, 0.15) is 11.6 Å². The Balaban J connectivity index is 1.52. The molecule has 15 heteroatoms. The second kappa shape index (κ2) is 9.30. The topological polar surface area (TPSA) is 175 Å². The van der Waals surface area contributed by atoms with Gasteiger partial charge in [-0.05, 0) is 46.5 Å². The molecule has 3 N–H and O–H groups in total. The summed E-state index contributed by atoms with van der Waals surface area (Å²) in [6.45, 7) is 5.90. The number of rotatable bonds is 4. The van der Waals surface area contributed by atoms with Crippen molar-refractivity contribution in [1.82, 2.24) is 25.7 Å². The van der Waals surface area contributed by atoms with Crippen molar-refractivity contribution in [2.75, 3.05) is 19.6 Å². The average molecular weight is 492 g/mol. The van der Waals surface area contributed by atoms with Crippen LogP contribution < -0.4 is 10.9 Å². The first-order valence-electron chi connectivity index (χ1n) is 10.6. The highest BCUT2D eigenvalue weighted by Crippen LogP contribution is 2.30. The molecule has 5 amide bonds. The molecule has 0 saturated carbocycles. The number of likely N-dealkylation sites (tertiary alicyclic amines) is 1. The minimum Gasteiger partial charge on any atom is -0.444 e. The van der Waals surface area contributed by atoms with Crippen molar-refractivity contribution in [1.29, 1.82) is 0 Å². The predicted molar refractivity (Wildman–Crippen MR) is 110 cm³/mol. The van der Waals surface area contributed by atoms with Gasteiger partial charge in [-0.2, -0.15) is 13.5 Å². The lowest BCUT2D eigenvalue weighted by atomic mass is 9.97. The molecule has 0 radical (unpaired) electrons. The summed E-state index contributed by atoms with van der Waals surface area (Å²) in [6.07, 6.45) is 1.08. The van der Waals surface area contributed by atoms with Gasteiger partial charge in [0, 0.05) is 19.6 Å². The summed E-state index contributed by atoms with van der Waals surface area (Å²) in [5.41, 5.74) is 3.99. The molecule has 2 bridgehead atoms. The Labute approximate surface area is 191 Å². The third-order valence-corrected chi connectivity index (χ3v) is 5.90. The zero-order valence-corrected chi connectivity index (χ0v) is 19.5. The fourth-order valence-corrected chi connectivity index (χ4v) is 4.48. The maximum Gasteiger partial charge on any atom is 0.418 e. The van der Waals surface area contributed by atoms with Crippen molar-refractivity contribution in [2.45, 2.75) is 64.1 Å². The number of nitrogens with one attached hydrogen (secondary N) is 2. The van der Waals surface area contributed by atoms with Crippen molar-refractivity contribution >= 4 is 34.3 Å². The molecule has 186 valence electrons. The molecule has 3 rings (SSSR count). The van der Waals surface area contributed by atoms with E-state index in [1.54, 1.807) is 20.8 Å². The second-order valence-corrected chi connectivity index (χ2v) is 10.3. The summed E-state index contributed by atoms with van der Waals surface area (Å²) >= 11 is 0. The van der Waals surface area contributed by atoms with E-state index in [-0.39, 0.29) is 25.9 Å². The standard InChI is InChI=1S/C18H29N5O9S/c1-18(2,3)31-17(27)21-8-4-5-11(9-21)14(24)19-20-15(25)13-7-6-12-10-22(13)16(26)23(12)32-33(28,29)30/h11-13H,4-10H2,1-3H3,(H,19,24)(H,20,25)(H,28,29,30)/t11-,12-,13-/m1/s1.